The first-order valence-electron chi connectivity index (χ1n) is 5.66. The summed E-state index contributed by atoms with van der Waals surface area (Å²) in [5, 5.41) is 0.183. The Balaban J connectivity index is 2.32. The SMILES string of the molecule is Nc1ccc2[nH]cc(S(=O)(=O)NCC(F)(F)C(F)F)c2c1. The highest BCUT2D eigenvalue weighted by Crippen LogP contribution is 2.26. The number of H-pyrrole nitrogens is 1. The van der Waals surface area contributed by atoms with Crippen molar-refractivity contribution in [3.63, 3.8) is 0 Å². The number of nitrogens with two attached hydrogens (primary N) is 1. The Morgan fingerprint density at radius 2 is 2.00 bits per heavy atom. The molecule has 4 N–H and O–H groups in total. The number of hydrogen-bond donors (Lipinski definition) is 3. The number of hydrogen-bond acceptors (Lipinski definition) is 3. The average molecular weight is 325 g/mol. The van der Waals surface area contributed by atoms with Crippen LogP contribution in [0.2, 0.25) is 0 Å². The van der Waals surface area contributed by atoms with Crippen molar-refractivity contribution in [1.82, 2.24) is 9.71 Å². The van der Waals surface area contributed by atoms with Crippen molar-refractivity contribution in [3.05, 3.63) is 24.4 Å². The van der Waals surface area contributed by atoms with Gasteiger partial charge in [-0.1, -0.05) is 0 Å². The minimum Gasteiger partial charge on any atom is -0.399 e. The lowest BCUT2D eigenvalue weighted by molar-refractivity contribution is -0.122. The number of benzene rings is 1. The lowest BCUT2D eigenvalue weighted by Crippen LogP contribution is -2.41. The number of aromatic amines is 1. The van der Waals surface area contributed by atoms with Crippen LogP contribution in [-0.2, 0) is 10.0 Å². The number of anilines is 1. The average Bonchev–Trinajstić information content (AvgIpc) is 2.80. The second kappa shape index (κ2) is 5.19. The first-order valence-corrected chi connectivity index (χ1v) is 7.14. The van der Waals surface area contributed by atoms with E-state index >= 15 is 0 Å². The van der Waals surface area contributed by atoms with Gasteiger partial charge in [-0.3, -0.25) is 0 Å². The van der Waals surface area contributed by atoms with Crippen LogP contribution in [0.4, 0.5) is 23.2 Å². The van der Waals surface area contributed by atoms with Crippen LogP contribution in [0.3, 0.4) is 0 Å². The zero-order valence-corrected chi connectivity index (χ0v) is 11.2. The summed E-state index contributed by atoms with van der Waals surface area (Å²) in [5.74, 6) is -4.45. The molecular formula is C11H11F4N3O2S. The van der Waals surface area contributed by atoms with E-state index in [-0.39, 0.29) is 16.0 Å². The highest BCUT2D eigenvalue weighted by atomic mass is 32.2. The van der Waals surface area contributed by atoms with Gasteiger partial charge < -0.3 is 10.7 Å². The third-order valence-corrected chi connectivity index (χ3v) is 4.22. The summed E-state index contributed by atoms with van der Waals surface area (Å²) < 4.78 is 75.0. The minimum absolute atomic E-state index is 0.183. The molecule has 0 bridgehead atoms. The van der Waals surface area contributed by atoms with Crippen LogP contribution in [0.25, 0.3) is 10.9 Å². The number of sulfonamides is 1. The zero-order chi connectivity index (χ0) is 15.8. The van der Waals surface area contributed by atoms with Gasteiger partial charge in [-0.25, -0.2) is 21.9 Å². The van der Waals surface area contributed by atoms with Crippen molar-refractivity contribution in [2.75, 3.05) is 12.3 Å². The van der Waals surface area contributed by atoms with Crippen molar-refractivity contribution < 1.29 is 26.0 Å². The standard InChI is InChI=1S/C11H11F4N3O2S/c12-10(13)11(14,15)5-18-21(19,20)9-4-17-8-2-1-6(16)3-7(8)9/h1-4,10,17-18H,5,16H2. The van der Waals surface area contributed by atoms with Gasteiger partial charge in [0.05, 0.1) is 6.54 Å². The van der Waals surface area contributed by atoms with Crippen LogP contribution >= 0.6 is 0 Å². The van der Waals surface area contributed by atoms with Crippen molar-refractivity contribution >= 4 is 26.6 Å². The Morgan fingerprint density at radius 3 is 2.62 bits per heavy atom. The molecule has 116 valence electrons. The zero-order valence-electron chi connectivity index (χ0n) is 10.4. The smallest absolute Gasteiger partial charge is 0.320 e. The van der Waals surface area contributed by atoms with E-state index in [4.69, 9.17) is 5.73 Å². The van der Waals surface area contributed by atoms with E-state index in [1.165, 1.54) is 22.9 Å². The molecule has 0 spiro atoms. The monoisotopic (exact) mass is 325 g/mol. The Morgan fingerprint density at radius 1 is 1.33 bits per heavy atom. The van der Waals surface area contributed by atoms with E-state index in [1.807, 2.05) is 0 Å². The van der Waals surface area contributed by atoms with Gasteiger partial charge in [0.2, 0.25) is 10.0 Å². The maximum absolute atomic E-state index is 12.8. The summed E-state index contributed by atoms with van der Waals surface area (Å²) in [6, 6.07) is 4.37. The topological polar surface area (TPSA) is 88.0 Å². The third kappa shape index (κ3) is 3.10. The molecule has 0 fully saturated rings. The molecule has 0 unspecified atom stereocenters. The number of halogens is 4. The molecule has 10 heteroatoms. The van der Waals surface area contributed by atoms with E-state index in [9.17, 15) is 26.0 Å². The van der Waals surface area contributed by atoms with Crippen LogP contribution in [-0.4, -0.2) is 32.3 Å². The Labute approximate surface area is 117 Å². The molecule has 0 amide bonds. The van der Waals surface area contributed by atoms with E-state index in [0.29, 0.717) is 5.52 Å². The van der Waals surface area contributed by atoms with Crippen molar-refractivity contribution in [3.8, 4) is 0 Å². The molecule has 0 saturated carbocycles. The van der Waals surface area contributed by atoms with Crippen LogP contribution in [0.1, 0.15) is 0 Å². The fourth-order valence-corrected chi connectivity index (χ4v) is 2.89. The highest BCUT2D eigenvalue weighted by Gasteiger charge is 2.41. The van der Waals surface area contributed by atoms with Crippen LogP contribution < -0.4 is 10.5 Å². The first kappa shape index (κ1) is 15.6. The number of rotatable bonds is 5. The maximum atomic E-state index is 12.8. The van der Waals surface area contributed by atoms with Gasteiger partial charge in [-0.2, -0.15) is 8.78 Å². The molecule has 2 rings (SSSR count). The maximum Gasteiger partial charge on any atom is 0.320 e. The molecule has 0 radical (unpaired) electrons. The molecule has 1 aromatic heterocycles. The summed E-state index contributed by atoms with van der Waals surface area (Å²) in [6.45, 7) is -1.69. The molecule has 5 nitrogen and oxygen atoms in total. The quantitative estimate of drug-likeness (QED) is 0.580. The summed E-state index contributed by atoms with van der Waals surface area (Å²) in [6.07, 6.45) is -2.88. The first-order chi connectivity index (χ1) is 9.63. The van der Waals surface area contributed by atoms with E-state index < -0.39 is 28.9 Å². The van der Waals surface area contributed by atoms with Gasteiger partial charge in [0.25, 0.3) is 0 Å². The fraction of sp³-hybridized carbons (Fsp3) is 0.273. The predicted molar refractivity (Wildman–Crippen MR) is 68.9 cm³/mol. The van der Waals surface area contributed by atoms with Crippen molar-refractivity contribution in [1.29, 1.82) is 0 Å². The van der Waals surface area contributed by atoms with E-state index in [0.717, 1.165) is 6.20 Å². The molecule has 0 atom stereocenters. The van der Waals surface area contributed by atoms with E-state index in [1.54, 1.807) is 0 Å². The summed E-state index contributed by atoms with van der Waals surface area (Å²) in [5.41, 5.74) is 6.23. The number of nitrogens with one attached hydrogen (secondary N) is 2. The van der Waals surface area contributed by atoms with Gasteiger partial charge in [0.1, 0.15) is 4.90 Å². The highest BCUT2D eigenvalue weighted by molar-refractivity contribution is 7.89. The predicted octanol–water partition coefficient (Wildman–Crippen LogP) is 1.93. The molecule has 1 aromatic carbocycles. The van der Waals surface area contributed by atoms with Gasteiger partial charge in [0.15, 0.2) is 0 Å². The van der Waals surface area contributed by atoms with Gasteiger partial charge >= 0.3 is 12.3 Å². The Bertz CT molecular complexity index is 758. The lowest BCUT2D eigenvalue weighted by Gasteiger charge is -2.15. The van der Waals surface area contributed by atoms with Gasteiger partial charge in [-0.05, 0) is 18.2 Å². The summed E-state index contributed by atoms with van der Waals surface area (Å²) in [4.78, 5) is 2.29. The lowest BCUT2D eigenvalue weighted by atomic mass is 10.2. The molecule has 0 aliphatic heterocycles. The Kier molecular flexibility index (Phi) is 3.85. The largest absolute Gasteiger partial charge is 0.399 e. The van der Waals surface area contributed by atoms with Crippen LogP contribution in [0.5, 0.6) is 0 Å². The molecule has 0 aliphatic rings. The third-order valence-electron chi connectivity index (χ3n) is 2.77. The van der Waals surface area contributed by atoms with Crippen molar-refractivity contribution in [2.24, 2.45) is 0 Å². The van der Waals surface area contributed by atoms with Crippen LogP contribution in [0, 0.1) is 0 Å². The number of nitrogen functional groups attached to an aromatic ring is 1. The minimum atomic E-state index is -4.45. The van der Waals surface area contributed by atoms with Crippen molar-refractivity contribution in [2.45, 2.75) is 17.2 Å². The molecule has 0 aliphatic carbocycles. The van der Waals surface area contributed by atoms with Gasteiger partial charge in [-0.15, -0.1) is 0 Å². The molecule has 1 heterocycles. The molecule has 21 heavy (non-hydrogen) atoms. The van der Waals surface area contributed by atoms with Crippen LogP contribution in [0.15, 0.2) is 29.3 Å². The summed E-state index contributed by atoms with van der Waals surface area (Å²) >= 11 is 0. The Hall–Kier alpha value is -1.81. The second-order valence-electron chi connectivity index (χ2n) is 4.34. The molecular weight excluding hydrogens is 314 g/mol. The number of fused-ring (bicyclic) bond motifs is 1. The number of aromatic nitrogens is 1. The second-order valence-corrected chi connectivity index (χ2v) is 6.08. The van der Waals surface area contributed by atoms with Gasteiger partial charge in [0, 0.05) is 22.8 Å². The van der Waals surface area contributed by atoms with E-state index in [2.05, 4.69) is 4.98 Å². The molecule has 2 aromatic rings. The molecule has 0 saturated heterocycles. The number of alkyl halides is 4. The fourth-order valence-electron chi connectivity index (χ4n) is 1.68. The normalized spacial score (nSPS) is 13.2. The summed E-state index contributed by atoms with van der Waals surface area (Å²) in [7, 11) is -4.38.